The highest BCUT2D eigenvalue weighted by Crippen LogP contribution is 2.22. The molecule has 7 heteroatoms. The van der Waals surface area contributed by atoms with Crippen LogP contribution >= 0.6 is 11.3 Å². The van der Waals surface area contributed by atoms with Gasteiger partial charge in [0, 0.05) is 12.4 Å². The zero-order valence-corrected chi connectivity index (χ0v) is 8.23. The zero-order chi connectivity index (χ0) is 9.97. The third kappa shape index (κ3) is 1.88. The summed E-state index contributed by atoms with van der Waals surface area (Å²) in [4.78, 5) is 7.87. The molecule has 0 amide bonds. The van der Waals surface area contributed by atoms with Gasteiger partial charge in [-0.1, -0.05) is 11.3 Å². The number of thiazole rings is 1. The molecule has 2 aromatic rings. The van der Waals surface area contributed by atoms with Gasteiger partial charge in [-0.25, -0.2) is 4.98 Å². The van der Waals surface area contributed by atoms with Crippen LogP contribution in [-0.4, -0.2) is 24.9 Å². The van der Waals surface area contributed by atoms with E-state index in [1.807, 2.05) is 0 Å². The van der Waals surface area contributed by atoms with Gasteiger partial charge in [0.05, 0.1) is 12.3 Å². The van der Waals surface area contributed by atoms with Crippen molar-refractivity contribution in [2.75, 3.05) is 0 Å². The van der Waals surface area contributed by atoms with Crippen LogP contribution in [0.3, 0.4) is 0 Å². The minimum absolute atomic E-state index is 0.0878. The molecule has 14 heavy (non-hydrogen) atoms. The normalized spacial score (nSPS) is 10.4. The maximum absolute atomic E-state index is 8.77. The lowest BCUT2D eigenvalue weighted by atomic mass is 10.5. The molecule has 6 nitrogen and oxygen atoms in total. The van der Waals surface area contributed by atoms with Crippen LogP contribution < -0.4 is 4.74 Å². The molecule has 2 rings (SSSR count). The van der Waals surface area contributed by atoms with Gasteiger partial charge < -0.3 is 9.84 Å². The summed E-state index contributed by atoms with van der Waals surface area (Å²) >= 11 is 1.30. The maximum Gasteiger partial charge on any atom is 0.342 e. The maximum atomic E-state index is 8.77. The van der Waals surface area contributed by atoms with E-state index in [2.05, 4.69) is 15.1 Å². The van der Waals surface area contributed by atoms with E-state index in [0.29, 0.717) is 10.9 Å². The second-order valence-electron chi connectivity index (χ2n) is 2.57. The lowest BCUT2D eigenvalue weighted by Crippen LogP contribution is -1.90. The predicted octanol–water partition coefficient (Wildman–Crippen LogP) is 0.556. The van der Waals surface area contributed by atoms with E-state index >= 15 is 0 Å². The van der Waals surface area contributed by atoms with Crippen molar-refractivity contribution >= 4 is 11.3 Å². The molecule has 0 bridgehead atoms. The lowest BCUT2D eigenvalue weighted by Gasteiger charge is -1.92. The topological polar surface area (TPSA) is 73.1 Å². The van der Waals surface area contributed by atoms with Crippen molar-refractivity contribution in [1.29, 1.82) is 0 Å². The van der Waals surface area contributed by atoms with Gasteiger partial charge in [-0.2, -0.15) is 4.98 Å². The standard InChI is InChI=1S/C7H8N4O2S/c1-11-4-8-6(10-11)13-7-9-5(2-12)3-14-7/h3-4,12H,2H2,1H3. The molecule has 0 atom stereocenters. The Bertz CT molecular complexity index is 425. The van der Waals surface area contributed by atoms with Gasteiger partial charge in [-0.05, 0) is 0 Å². The van der Waals surface area contributed by atoms with Crippen molar-refractivity contribution in [3.05, 3.63) is 17.4 Å². The predicted molar refractivity (Wildman–Crippen MR) is 49.1 cm³/mol. The van der Waals surface area contributed by atoms with Crippen LogP contribution in [0.15, 0.2) is 11.7 Å². The average molecular weight is 212 g/mol. The quantitative estimate of drug-likeness (QED) is 0.804. The van der Waals surface area contributed by atoms with Crippen molar-refractivity contribution in [1.82, 2.24) is 19.7 Å². The molecule has 1 N–H and O–H groups in total. The summed E-state index contributed by atoms with van der Waals surface area (Å²) in [5, 5.41) is 14.9. The van der Waals surface area contributed by atoms with Crippen molar-refractivity contribution in [2.24, 2.45) is 7.05 Å². The second kappa shape index (κ2) is 3.72. The largest absolute Gasteiger partial charge is 0.394 e. The molecule has 0 fully saturated rings. The highest BCUT2D eigenvalue weighted by atomic mass is 32.1. The van der Waals surface area contributed by atoms with E-state index in [4.69, 9.17) is 9.84 Å². The Morgan fingerprint density at radius 2 is 2.50 bits per heavy atom. The van der Waals surface area contributed by atoms with Crippen LogP contribution in [0.2, 0.25) is 0 Å². The molecule has 0 radical (unpaired) electrons. The van der Waals surface area contributed by atoms with E-state index in [0.717, 1.165) is 0 Å². The number of aromatic nitrogens is 4. The van der Waals surface area contributed by atoms with Gasteiger partial charge in [-0.3, -0.25) is 4.68 Å². The first-order chi connectivity index (χ1) is 6.78. The Morgan fingerprint density at radius 3 is 3.07 bits per heavy atom. The summed E-state index contributed by atoms with van der Waals surface area (Å²) in [6.45, 7) is -0.0878. The van der Waals surface area contributed by atoms with Gasteiger partial charge in [-0.15, -0.1) is 5.10 Å². The Balaban J connectivity index is 2.10. The first kappa shape index (κ1) is 9.10. The minimum Gasteiger partial charge on any atom is -0.394 e. The van der Waals surface area contributed by atoms with Gasteiger partial charge in [0.25, 0.3) is 5.19 Å². The Labute approximate surface area is 83.8 Å². The van der Waals surface area contributed by atoms with Crippen molar-refractivity contribution in [3.63, 3.8) is 0 Å². The molecule has 0 aliphatic rings. The fourth-order valence-corrected chi connectivity index (χ4v) is 1.51. The molecule has 0 aliphatic heterocycles. The number of nitrogens with zero attached hydrogens (tertiary/aromatic N) is 4. The number of hydrogen-bond acceptors (Lipinski definition) is 6. The first-order valence-electron chi connectivity index (χ1n) is 3.86. The van der Waals surface area contributed by atoms with Gasteiger partial charge in [0.15, 0.2) is 0 Å². The van der Waals surface area contributed by atoms with Crippen LogP contribution in [0.4, 0.5) is 0 Å². The molecule has 0 aliphatic carbocycles. The van der Waals surface area contributed by atoms with E-state index in [1.54, 1.807) is 12.4 Å². The van der Waals surface area contributed by atoms with Crippen LogP contribution in [-0.2, 0) is 13.7 Å². The van der Waals surface area contributed by atoms with Crippen LogP contribution in [0, 0.1) is 0 Å². The Morgan fingerprint density at radius 1 is 1.64 bits per heavy atom. The molecule has 0 saturated carbocycles. The molecule has 2 heterocycles. The van der Waals surface area contributed by atoms with Gasteiger partial charge in [0.2, 0.25) is 0 Å². The summed E-state index contributed by atoms with van der Waals surface area (Å²) in [7, 11) is 1.75. The monoisotopic (exact) mass is 212 g/mol. The van der Waals surface area contributed by atoms with E-state index in [-0.39, 0.29) is 12.6 Å². The SMILES string of the molecule is Cn1cnc(Oc2nc(CO)cs2)n1. The zero-order valence-electron chi connectivity index (χ0n) is 7.41. The summed E-state index contributed by atoms with van der Waals surface area (Å²) in [5.41, 5.74) is 0.584. The number of aryl methyl sites for hydroxylation is 1. The molecule has 2 aromatic heterocycles. The molecular weight excluding hydrogens is 204 g/mol. The van der Waals surface area contributed by atoms with E-state index in [1.165, 1.54) is 22.3 Å². The molecule has 0 saturated heterocycles. The summed E-state index contributed by atoms with van der Waals surface area (Å²) < 4.78 is 6.77. The number of hydrogen-bond donors (Lipinski definition) is 1. The highest BCUT2D eigenvalue weighted by molar-refractivity contribution is 7.11. The molecule has 0 aromatic carbocycles. The average Bonchev–Trinajstić information content (AvgIpc) is 2.76. The lowest BCUT2D eigenvalue weighted by molar-refractivity contribution is 0.276. The highest BCUT2D eigenvalue weighted by Gasteiger charge is 2.06. The third-order valence-corrected chi connectivity index (χ3v) is 2.22. The number of ether oxygens (including phenoxy) is 1. The van der Waals surface area contributed by atoms with Crippen LogP contribution in [0.5, 0.6) is 11.2 Å². The Kier molecular flexibility index (Phi) is 2.42. The second-order valence-corrected chi connectivity index (χ2v) is 3.39. The van der Waals surface area contributed by atoms with Crippen molar-refractivity contribution < 1.29 is 9.84 Å². The Hall–Kier alpha value is -1.47. The fraction of sp³-hybridized carbons (Fsp3) is 0.286. The summed E-state index contributed by atoms with van der Waals surface area (Å²) in [6, 6.07) is 0.256. The fourth-order valence-electron chi connectivity index (χ4n) is 0.852. The number of aliphatic hydroxyl groups excluding tert-OH is 1. The number of rotatable bonds is 3. The van der Waals surface area contributed by atoms with Gasteiger partial charge in [0.1, 0.15) is 6.33 Å². The summed E-state index contributed by atoms with van der Waals surface area (Å²) in [5.74, 6) is 0. The molecule has 0 unspecified atom stereocenters. The minimum atomic E-state index is -0.0878. The number of aliphatic hydroxyl groups is 1. The van der Waals surface area contributed by atoms with Crippen molar-refractivity contribution in [2.45, 2.75) is 6.61 Å². The van der Waals surface area contributed by atoms with Crippen LogP contribution in [0.1, 0.15) is 5.69 Å². The molecular formula is C7H8N4O2S. The first-order valence-corrected chi connectivity index (χ1v) is 4.74. The van der Waals surface area contributed by atoms with E-state index in [9.17, 15) is 0 Å². The van der Waals surface area contributed by atoms with E-state index < -0.39 is 0 Å². The molecule has 0 spiro atoms. The third-order valence-electron chi connectivity index (χ3n) is 1.45. The summed E-state index contributed by atoms with van der Waals surface area (Å²) in [6.07, 6.45) is 1.54. The van der Waals surface area contributed by atoms with Crippen molar-refractivity contribution in [3.8, 4) is 11.2 Å². The van der Waals surface area contributed by atoms with Gasteiger partial charge >= 0.3 is 6.01 Å². The smallest absolute Gasteiger partial charge is 0.342 e. The van der Waals surface area contributed by atoms with Crippen LogP contribution in [0.25, 0.3) is 0 Å². The molecule has 74 valence electrons.